The molecule has 0 saturated heterocycles. The first-order valence-corrected chi connectivity index (χ1v) is 8.09. The molecule has 2 aliphatic heterocycles. The van der Waals surface area contributed by atoms with Gasteiger partial charge in [0.05, 0.1) is 17.4 Å². The number of hydrogen-bond donors (Lipinski definition) is 2. The predicted molar refractivity (Wildman–Crippen MR) is 89.3 cm³/mol. The third-order valence-corrected chi connectivity index (χ3v) is 4.56. The number of fused-ring (bicyclic) bond motifs is 3. The Balaban J connectivity index is 2.01. The van der Waals surface area contributed by atoms with Gasteiger partial charge in [-0.2, -0.15) is 5.10 Å². The Bertz CT molecular complexity index is 611. The van der Waals surface area contributed by atoms with Crippen molar-refractivity contribution in [3.05, 3.63) is 29.3 Å². The highest BCUT2D eigenvalue weighted by molar-refractivity contribution is 6.24. The first kappa shape index (κ1) is 15.0. The highest BCUT2D eigenvalue weighted by Crippen LogP contribution is 2.35. The molecule has 0 spiro atoms. The molecule has 5 heteroatoms. The predicted octanol–water partition coefficient (Wildman–Crippen LogP) is 1.52. The van der Waals surface area contributed by atoms with Crippen LogP contribution in [0.3, 0.4) is 0 Å². The molecule has 1 amide bonds. The van der Waals surface area contributed by atoms with Crippen LogP contribution < -0.4 is 15.6 Å². The normalized spacial score (nSPS) is 23.0. The maximum atomic E-state index is 12.9. The van der Waals surface area contributed by atoms with Crippen molar-refractivity contribution in [2.24, 2.45) is 11.0 Å². The summed E-state index contributed by atoms with van der Waals surface area (Å²) in [5.41, 5.74) is 7.40. The van der Waals surface area contributed by atoms with E-state index in [9.17, 15) is 4.79 Å². The number of rotatable bonds is 5. The van der Waals surface area contributed by atoms with Gasteiger partial charge in [0.25, 0.3) is 0 Å². The van der Waals surface area contributed by atoms with Gasteiger partial charge >= 0.3 is 0 Å². The second-order valence-corrected chi connectivity index (χ2v) is 6.04. The van der Waals surface area contributed by atoms with Gasteiger partial charge < -0.3 is 15.6 Å². The van der Waals surface area contributed by atoms with E-state index in [1.165, 1.54) is 5.56 Å². The van der Waals surface area contributed by atoms with Crippen LogP contribution in [-0.2, 0) is 11.2 Å². The molecule has 2 aliphatic rings. The highest BCUT2D eigenvalue weighted by Gasteiger charge is 2.43. The molecule has 0 saturated carbocycles. The van der Waals surface area contributed by atoms with Crippen LogP contribution in [0.2, 0.25) is 0 Å². The molecule has 0 fully saturated rings. The fourth-order valence-corrected chi connectivity index (χ4v) is 3.29. The summed E-state index contributed by atoms with van der Waals surface area (Å²) in [6.45, 7) is 5.83. The number of hydrogen-bond acceptors (Lipinski definition) is 4. The Labute approximate surface area is 131 Å². The molecule has 2 N–H and O–H groups in total. The average Bonchev–Trinajstić information content (AvgIpc) is 2.92. The van der Waals surface area contributed by atoms with Crippen molar-refractivity contribution in [2.75, 3.05) is 25.0 Å². The minimum atomic E-state index is -0.158. The number of carbonyl (C=O) groups is 1. The molecule has 22 heavy (non-hydrogen) atoms. The lowest BCUT2D eigenvalue weighted by molar-refractivity contribution is -0.121. The molecule has 0 aromatic heterocycles. The number of nitrogens with zero attached hydrogens (tertiary/aromatic N) is 2. The zero-order valence-electron chi connectivity index (χ0n) is 13.5. The fraction of sp³-hybridized carbons (Fsp3) is 0.529. The van der Waals surface area contributed by atoms with Gasteiger partial charge in [-0.15, -0.1) is 0 Å². The number of amides is 1. The quantitative estimate of drug-likeness (QED) is 0.811. The van der Waals surface area contributed by atoms with Crippen LogP contribution in [0.5, 0.6) is 0 Å². The molecular formula is C17H24N4O. The van der Waals surface area contributed by atoms with E-state index in [1.807, 2.05) is 18.9 Å². The van der Waals surface area contributed by atoms with Crippen LogP contribution >= 0.6 is 0 Å². The van der Waals surface area contributed by atoms with Gasteiger partial charge in [0.1, 0.15) is 5.92 Å². The Hall–Kier alpha value is -1.88. The van der Waals surface area contributed by atoms with Gasteiger partial charge in [-0.1, -0.05) is 13.0 Å². The lowest BCUT2D eigenvalue weighted by Crippen LogP contribution is -2.48. The SMILES string of the molecule is CCc1ccc2c(c1)C1=NNC(C)C1C(=O)N2CCCNC. The lowest BCUT2D eigenvalue weighted by atomic mass is 9.85. The van der Waals surface area contributed by atoms with E-state index < -0.39 is 0 Å². The van der Waals surface area contributed by atoms with Crippen LogP contribution in [-0.4, -0.2) is 37.8 Å². The molecule has 1 aromatic carbocycles. The number of carbonyl (C=O) groups excluding carboxylic acids is 1. The summed E-state index contributed by atoms with van der Waals surface area (Å²) >= 11 is 0. The van der Waals surface area contributed by atoms with E-state index in [1.54, 1.807) is 0 Å². The summed E-state index contributed by atoms with van der Waals surface area (Å²) in [5.74, 6) is 0.0123. The minimum Gasteiger partial charge on any atom is -0.320 e. The Morgan fingerprint density at radius 2 is 2.23 bits per heavy atom. The van der Waals surface area contributed by atoms with Crippen LogP contribution in [0.25, 0.3) is 0 Å². The molecule has 2 heterocycles. The monoisotopic (exact) mass is 300 g/mol. The van der Waals surface area contributed by atoms with Crippen molar-refractivity contribution >= 4 is 17.3 Å². The Morgan fingerprint density at radius 1 is 1.41 bits per heavy atom. The summed E-state index contributed by atoms with van der Waals surface area (Å²) in [6, 6.07) is 6.45. The zero-order valence-corrected chi connectivity index (χ0v) is 13.5. The second kappa shape index (κ2) is 6.08. The van der Waals surface area contributed by atoms with Crippen molar-refractivity contribution in [1.29, 1.82) is 0 Å². The average molecular weight is 300 g/mol. The molecule has 2 atom stereocenters. The van der Waals surface area contributed by atoms with E-state index in [4.69, 9.17) is 0 Å². The number of nitrogens with one attached hydrogen (secondary N) is 2. The molecule has 0 aliphatic carbocycles. The minimum absolute atomic E-state index is 0.0627. The lowest BCUT2D eigenvalue weighted by Gasteiger charge is -2.34. The smallest absolute Gasteiger partial charge is 0.238 e. The topological polar surface area (TPSA) is 56.7 Å². The van der Waals surface area contributed by atoms with Crippen molar-refractivity contribution in [3.8, 4) is 0 Å². The van der Waals surface area contributed by atoms with Gasteiger partial charge in [-0.3, -0.25) is 4.79 Å². The number of benzene rings is 1. The van der Waals surface area contributed by atoms with Crippen molar-refractivity contribution < 1.29 is 4.79 Å². The third kappa shape index (κ3) is 2.39. The van der Waals surface area contributed by atoms with Gasteiger partial charge in [0.15, 0.2) is 0 Å². The maximum Gasteiger partial charge on any atom is 0.238 e. The van der Waals surface area contributed by atoms with Crippen molar-refractivity contribution in [1.82, 2.24) is 10.7 Å². The van der Waals surface area contributed by atoms with E-state index >= 15 is 0 Å². The molecule has 2 unspecified atom stereocenters. The molecule has 0 bridgehead atoms. The standard InChI is InChI=1S/C17H24N4O/c1-4-12-6-7-14-13(10-12)16-15(11(2)19-20-16)17(22)21(14)9-5-8-18-3/h6-7,10-11,15,18-19H,4-5,8-9H2,1-3H3. The summed E-state index contributed by atoms with van der Waals surface area (Å²) in [5, 5.41) is 7.59. The van der Waals surface area contributed by atoms with Gasteiger partial charge in [-0.05, 0) is 51.1 Å². The molecule has 0 radical (unpaired) electrons. The molecule has 1 aromatic rings. The molecule has 3 rings (SSSR count). The Kier molecular flexibility index (Phi) is 4.16. The summed E-state index contributed by atoms with van der Waals surface area (Å²) < 4.78 is 0. The third-order valence-electron chi connectivity index (χ3n) is 4.56. The summed E-state index contributed by atoms with van der Waals surface area (Å²) in [7, 11) is 1.94. The number of anilines is 1. The van der Waals surface area contributed by atoms with Gasteiger partial charge in [0.2, 0.25) is 5.91 Å². The van der Waals surface area contributed by atoms with E-state index in [2.05, 4.69) is 41.0 Å². The first-order valence-electron chi connectivity index (χ1n) is 8.09. The van der Waals surface area contributed by atoms with Crippen molar-refractivity contribution in [3.63, 3.8) is 0 Å². The molecule has 5 nitrogen and oxygen atoms in total. The fourth-order valence-electron chi connectivity index (χ4n) is 3.29. The largest absolute Gasteiger partial charge is 0.320 e. The van der Waals surface area contributed by atoms with Gasteiger partial charge in [-0.25, -0.2) is 0 Å². The van der Waals surface area contributed by atoms with Crippen LogP contribution in [0.15, 0.2) is 23.3 Å². The van der Waals surface area contributed by atoms with Gasteiger partial charge in [0, 0.05) is 12.1 Å². The van der Waals surface area contributed by atoms with Crippen molar-refractivity contribution in [2.45, 2.75) is 32.7 Å². The van der Waals surface area contributed by atoms with Crippen LogP contribution in [0, 0.1) is 5.92 Å². The van der Waals surface area contributed by atoms with E-state index in [0.29, 0.717) is 0 Å². The zero-order chi connectivity index (χ0) is 15.7. The molecule has 118 valence electrons. The second-order valence-electron chi connectivity index (χ2n) is 6.04. The van der Waals surface area contributed by atoms with Crippen LogP contribution in [0.4, 0.5) is 5.69 Å². The number of hydrazone groups is 1. The number of aryl methyl sites for hydroxylation is 1. The highest BCUT2D eigenvalue weighted by atomic mass is 16.2. The summed E-state index contributed by atoms with van der Waals surface area (Å²) in [4.78, 5) is 14.9. The first-order chi connectivity index (χ1) is 10.7. The Morgan fingerprint density at radius 3 is 2.95 bits per heavy atom. The van der Waals surface area contributed by atoms with E-state index in [-0.39, 0.29) is 17.9 Å². The van der Waals surface area contributed by atoms with Crippen LogP contribution in [0.1, 0.15) is 31.4 Å². The maximum absolute atomic E-state index is 12.9. The molecular weight excluding hydrogens is 276 g/mol. The summed E-state index contributed by atoms with van der Waals surface area (Å²) in [6.07, 6.45) is 1.93. The van der Waals surface area contributed by atoms with E-state index in [0.717, 1.165) is 42.9 Å².